The first-order valence-electron chi connectivity index (χ1n) is 9.05. The van der Waals surface area contributed by atoms with Crippen LogP contribution in [-0.4, -0.2) is 27.0 Å². The predicted octanol–water partition coefficient (Wildman–Crippen LogP) is 4.92. The van der Waals surface area contributed by atoms with Crippen LogP contribution in [0.25, 0.3) is 10.2 Å². The lowest BCUT2D eigenvalue weighted by Gasteiger charge is -2.20. The first-order chi connectivity index (χ1) is 13.7. The highest BCUT2D eigenvalue weighted by Gasteiger charge is 2.20. The number of rotatable bonds is 7. The van der Waals surface area contributed by atoms with Gasteiger partial charge in [0.25, 0.3) is 0 Å². The van der Waals surface area contributed by atoms with Crippen molar-refractivity contribution in [3.8, 4) is 0 Å². The molecule has 0 fully saturated rings. The van der Waals surface area contributed by atoms with Crippen LogP contribution in [-0.2, 0) is 17.8 Å². The van der Waals surface area contributed by atoms with E-state index < -0.39 is 0 Å². The molecule has 142 valence electrons. The zero-order valence-corrected chi connectivity index (χ0v) is 17.6. The first kappa shape index (κ1) is 18.8. The third-order valence-electron chi connectivity index (χ3n) is 4.43. The third-order valence-corrected chi connectivity index (χ3v) is 5.96. The van der Waals surface area contributed by atoms with E-state index >= 15 is 0 Å². The molecule has 0 aliphatic rings. The molecular formula is C21H19BrN4OS. The lowest BCUT2D eigenvalue weighted by atomic mass is 10.1. The number of halogens is 1. The molecule has 28 heavy (non-hydrogen) atoms. The van der Waals surface area contributed by atoms with Crippen LogP contribution in [0.15, 0.2) is 71.7 Å². The molecule has 0 N–H and O–H groups in total. The van der Waals surface area contributed by atoms with Crippen molar-refractivity contribution in [3.05, 3.63) is 77.3 Å². The number of imidazole rings is 1. The Labute approximate surface area is 175 Å². The van der Waals surface area contributed by atoms with Gasteiger partial charge in [0, 0.05) is 30.0 Å². The van der Waals surface area contributed by atoms with Gasteiger partial charge < -0.3 is 4.57 Å². The van der Waals surface area contributed by atoms with Gasteiger partial charge in [-0.05, 0) is 30.2 Å². The van der Waals surface area contributed by atoms with E-state index in [1.54, 1.807) is 23.9 Å². The first-order valence-corrected chi connectivity index (χ1v) is 10.7. The van der Waals surface area contributed by atoms with Crippen LogP contribution in [0.1, 0.15) is 12.0 Å². The van der Waals surface area contributed by atoms with Crippen molar-refractivity contribution in [2.75, 3.05) is 11.4 Å². The zero-order valence-electron chi connectivity index (χ0n) is 15.2. The Balaban J connectivity index is 1.56. The predicted molar refractivity (Wildman–Crippen MR) is 117 cm³/mol. The Kier molecular flexibility index (Phi) is 5.83. The second-order valence-electron chi connectivity index (χ2n) is 6.47. The van der Waals surface area contributed by atoms with Crippen LogP contribution in [0, 0.1) is 0 Å². The second kappa shape index (κ2) is 8.67. The molecule has 0 bridgehead atoms. The lowest BCUT2D eigenvalue weighted by Crippen LogP contribution is -2.33. The van der Waals surface area contributed by atoms with Gasteiger partial charge in [0.1, 0.15) is 0 Å². The minimum Gasteiger partial charge on any atom is -0.337 e. The normalized spacial score (nSPS) is 11.0. The summed E-state index contributed by atoms with van der Waals surface area (Å²) in [5.74, 6) is 0.0648. The number of aryl methyl sites for hydroxylation is 1. The van der Waals surface area contributed by atoms with Crippen molar-refractivity contribution < 1.29 is 4.79 Å². The highest BCUT2D eigenvalue weighted by Crippen LogP contribution is 2.31. The van der Waals surface area contributed by atoms with Crippen LogP contribution in [0.5, 0.6) is 0 Å². The van der Waals surface area contributed by atoms with E-state index in [0.717, 1.165) is 38.3 Å². The molecule has 0 aliphatic carbocycles. The SMILES string of the molecule is O=C(Cc1ccccc1)N(CCCn1ccnc1)c1nc2ccc(Br)cc2s1. The number of amides is 1. The maximum Gasteiger partial charge on any atom is 0.233 e. The maximum atomic E-state index is 13.1. The highest BCUT2D eigenvalue weighted by atomic mass is 79.9. The fourth-order valence-corrected chi connectivity index (χ4v) is 4.59. The number of carbonyl (C=O) groups excluding carboxylic acids is 1. The van der Waals surface area contributed by atoms with Gasteiger partial charge in [-0.3, -0.25) is 9.69 Å². The molecule has 4 rings (SSSR count). The minimum absolute atomic E-state index is 0.0648. The Morgan fingerprint density at radius 2 is 2.04 bits per heavy atom. The molecule has 5 nitrogen and oxygen atoms in total. The second-order valence-corrected chi connectivity index (χ2v) is 8.40. The molecule has 4 aromatic rings. The summed E-state index contributed by atoms with van der Waals surface area (Å²) in [5, 5.41) is 0.750. The number of nitrogens with zero attached hydrogens (tertiary/aromatic N) is 4. The van der Waals surface area contributed by atoms with Crippen LogP contribution in [0.4, 0.5) is 5.13 Å². The average molecular weight is 455 g/mol. The summed E-state index contributed by atoms with van der Waals surface area (Å²) >= 11 is 5.06. The third kappa shape index (κ3) is 4.48. The van der Waals surface area contributed by atoms with Crippen LogP contribution in [0.3, 0.4) is 0 Å². The Morgan fingerprint density at radius 1 is 1.18 bits per heavy atom. The number of carbonyl (C=O) groups is 1. The van der Waals surface area contributed by atoms with E-state index in [2.05, 4.69) is 20.9 Å². The number of thiazole rings is 1. The average Bonchev–Trinajstić information content (AvgIpc) is 3.35. The molecule has 0 atom stereocenters. The van der Waals surface area contributed by atoms with Crippen molar-refractivity contribution in [1.29, 1.82) is 0 Å². The molecule has 2 heterocycles. The van der Waals surface area contributed by atoms with E-state index in [1.165, 1.54) is 0 Å². The van der Waals surface area contributed by atoms with Crippen molar-refractivity contribution in [2.24, 2.45) is 0 Å². The molecule has 0 unspecified atom stereocenters. The highest BCUT2D eigenvalue weighted by molar-refractivity contribution is 9.10. The summed E-state index contributed by atoms with van der Waals surface area (Å²) < 4.78 is 4.10. The molecule has 2 aromatic carbocycles. The van der Waals surface area contributed by atoms with Crippen molar-refractivity contribution in [2.45, 2.75) is 19.4 Å². The number of hydrogen-bond donors (Lipinski definition) is 0. The summed E-state index contributed by atoms with van der Waals surface area (Å²) in [6, 6.07) is 15.8. The molecule has 2 aromatic heterocycles. The van der Waals surface area contributed by atoms with E-state index in [1.807, 2.05) is 64.2 Å². The number of benzene rings is 2. The molecule has 0 radical (unpaired) electrons. The number of aromatic nitrogens is 3. The van der Waals surface area contributed by atoms with E-state index in [-0.39, 0.29) is 5.91 Å². The van der Waals surface area contributed by atoms with Crippen LogP contribution in [0.2, 0.25) is 0 Å². The van der Waals surface area contributed by atoms with Gasteiger partial charge in [-0.1, -0.05) is 57.6 Å². The number of fused-ring (bicyclic) bond motifs is 1. The smallest absolute Gasteiger partial charge is 0.233 e. The Morgan fingerprint density at radius 3 is 2.82 bits per heavy atom. The van der Waals surface area contributed by atoms with Crippen molar-refractivity contribution >= 4 is 48.5 Å². The van der Waals surface area contributed by atoms with E-state index in [4.69, 9.17) is 4.98 Å². The number of hydrogen-bond acceptors (Lipinski definition) is 4. The summed E-state index contributed by atoms with van der Waals surface area (Å²) in [5.41, 5.74) is 1.92. The van der Waals surface area contributed by atoms with E-state index in [0.29, 0.717) is 13.0 Å². The van der Waals surface area contributed by atoms with Gasteiger partial charge in [-0.15, -0.1) is 0 Å². The lowest BCUT2D eigenvalue weighted by molar-refractivity contribution is -0.118. The molecule has 0 aliphatic heterocycles. The Bertz CT molecular complexity index is 1060. The fraction of sp³-hybridized carbons (Fsp3) is 0.190. The molecule has 7 heteroatoms. The molecular weight excluding hydrogens is 436 g/mol. The van der Waals surface area contributed by atoms with Crippen LogP contribution >= 0.6 is 27.3 Å². The molecule has 0 spiro atoms. The summed E-state index contributed by atoms with van der Waals surface area (Å²) in [7, 11) is 0. The quantitative estimate of drug-likeness (QED) is 0.398. The van der Waals surface area contributed by atoms with Crippen LogP contribution < -0.4 is 4.90 Å². The summed E-state index contributed by atoms with van der Waals surface area (Å²) in [6.07, 6.45) is 6.70. The summed E-state index contributed by atoms with van der Waals surface area (Å²) in [6.45, 7) is 1.43. The van der Waals surface area contributed by atoms with Gasteiger partial charge in [0.05, 0.1) is 23.0 Å². The van der Waals surface area contributed by atoms with Crippen molar-refractivity contribution in [3.63, 3.8) is 0 Å². The molecule has 0 saturated carbocycles. The number of anilines is 1. The topological polar surface area (TPSA) is 51.0 Å². The van der Waals surface area contributed by atoms with E-state index in [9.17, 15) is 4.79 Å². The largest absolute Gasteiger partial charge is 0.337 e. The fourth-order valence-electron chi connectivity index (χ4n) is 3.03. The summed E-state index contributed by atoms with van der Waals surface area (Å²) in [4.78, 5) is 23.7. The zero-order chi connectivity index (χ0) is 19.3. The molecule has 0 saturated heterocycles. The van der Waals surface area contributed by atoms with Gasteiger partial charge in [0.15, 0.2) is 5.13 Å². The minimum atomic E-state index is 0.0648. The van der Waals surface area contributed by atoms with Gasteiger partial charge in [-0.2, -0.15) is 0 Å². The van der Waals surface area contributed by atoms with Crippen molar-refractivity contribution in [1.82, 2.24) is 14.5 Å². The van der Waals surface area contributed by atoms with Gasteiger partial charge >= 0.3 is 0 Å². The Hall–Kier alpha value is -2.51. The molecule has 1 amide bonds. The standard InChI is InChI=1S/C21H19BrN4OS/c22-17-7-8-18-19(14-17)28-21(24-18)26(11-4-10-25-12-9-23-15-25)20(27)13-16-5-2-1-3-6-16/h1-3,5-9,12,14-15H,4,10-11,13H2. The maximum absolute atomic E-state index is 13.1. The van der Waals surface area contributed by atoms with Gasteiger partial charge in [0.2, 0.25) is 5.91 Å². The monoisotopic (exact) mass is 454 g/mol. The van der Waals surface area contributed by atoms with Gasteiger partial charge in [-0.25, -0.2) is 9.97 Å².